The molecule has 1 aliphatic rings. The Hall–Kier alpha value is -2.61. The number of hydrogen-bond donors (Lipinski definition) is 0. The van der Waals surface area contributed by atoms with Crippen LogP contribution in [0.2, 0.25) is 0 Å². The summed E-state index contributed by atoms with van der Waals surface area (Å²) in [6, 6.07) is 26.1. The van der Waals surface area contributed by atoms with Crippen LogP contribution < -0.4 is 0 Å². The predicted molar refractivity (Wildman–Crippen MR) is 128 cm³/mol. The highest BCUT2D eigenvalue weighted by Gasteiger charge is 2.33. The zero-order chi connectivity index (χ0) is 23.8. The molecule has 0 saturated carbocycles. The van der Waals surface area contributed by atoms with E-state index in [2.05, 4.69) is 0 Å². The third-order valence-corrected chi connectivity index (χ3v) is 7.81. The third-order valence-electron chi connectivity index (χ3n) is 5.25. The van der Waals surface area contributed by atoms with Crippen molar-refractivity contribution in [1.82, 2.24) is 0 Å². The summed E-state index contributed by atoms with van der Waals surface area (Å²) in [6.07, 6.45) is 0.471. The molecule has 0 aliphatic carbocycles. The fourth-order valence-electron chi connectivity index (χ4n) is 3.45. The van der Waals surface area contributed by atoms with Crippen molar-refractivity contribution in [1.29, 1.82) is 0 Å². The average molecular weight is 501 g/mol. The number of phosphoric ester groups is 1. The van der Waals surface area contributed by atoms with Crippen LogP contribution in [-0.2, 0) is 64.4 Å². The molecular weight excluding hydrogens is 475 g/mol. The maximum absolute atomic E-state index is 13.5. The van der Waals surface area contributed by atoms with Gasteiger partial charge in [-0.15, -0.1) is 0 Å². The molecule has 1 aliphatic heterocycles. The fraction of sp³-hybridized carbons (Fsp3) is 0.240. The molecule has 1 fully saturated rings. The SMILES string of the molecule is O=C1CC(Cc2ccccc2COP(=O)(OCc2ccccc2)OCc2ccccc2)S(=O)O1. The van der Waals surface area contributed by atoms with E-state index in [1.165, 1.54) is 0 Å². The molecule has 3 aromatic rings. The maximum atomic E-state index is 13.5. The number of carbonyl (C=O) groups is 1. The number of phosphoric acid groups is 1. The highest BCUT2D eigenvalue weighted by molar-refractivity contribution is 7.81. The lowest BCUT2D eigenvalue weighted by molar-refractivity contribution is -0.131. The van der Waals surface area contributed by atoms with E-state index in [1.807, 2.05) is 84.9 Å². The molecule has 0 amide bonds. The van der Waals surface area contributed by atoms with Crippen LogP contribution in [0.15, 0.2) is 84.9 Å². The third kappa shape index (κ3) is 6.95. The van der Waals surface area contributed by atoms with Crippen LogP contribution in [0.5, 0.6) is 0 Å². The Morgan fingerprint density at radius 2 is 1.26 bits per heavy atom. The molecule has 2 unspecified atom stereocenters. The van der Waals surface area contributed by atoms with Crippen molar-refractivity contribution in [3.63, 3.8) is 0 Å². The Morgan fingerprint density at radius 1 is 0.765 bits per heavy atom. The van der Waals surface area contributed by atoms with Gasteiger partial charge in [0.25, 0.3) is 0 Å². The van der Waals surface area contributed by atoms with E-state index in [-0.39, 0.29) is 26.2 Å². The Morgan fingerprint density at radius 3 is 1.79 bits per heavy atom. The van der Waals surface area contributed by atoms with Gasteiger partial charge in [-0.05, 0) is 28.7 Å². The highest BCUT2D eigenvalue weighted by atomic mass is 32.2. The molecule has 178 valence electrons. The average Bonchev–Trinajstić information content (AvgIpc) is 3.18. The van der Waals surface area contributed by atoms with E-state index in [0.29, 0.717) is 6.42 Å². The minimum absolute atomic E-state index is 0.0365. The van der Waals surface area contributed by atoms with Crippen LogP contribution in [0.1, 0.15) is 28.7 Å². The van der Waals surface area contributed by atoms with Crippen LogP contribution in [0, 0.1) is 0 Å². The first-order chi connectivity index (χ1) is 16.5. The molecule has 0 bridgehead atoms. The molecule has 4 rings (SSSR count). The smallest absolute Gasteiger partial charge is 0.364 e. The molecule has 0 spiro atoms. The second-order valence-corrected chi connectivity index (χ2v) is 10.8. The Labute approximate surface area is 201 Å². The van der Waals surface area contributed by atoms with Gasteiger partial charge in [-0.2, -0.15) is 0 Å². The first-order valence-corrected chi connectivity index (χ1v) is 13.4. The van der Waals surface area contributed by atoms with Crippen LogP contribution in [0.25, 0.3) is 0 Å². The Bertz CT molecular complexity index is 1120. The molecular formula is C25H25O7PS. The molecule has 9 heteroatoms. The zero-order valence-electron chi connectivity index (χ0n) is 18.4. The summed E-state index contributed by atoms with van der Waals surface area (Å²) in [5.74, 6) is -0.467. The van der Waals surface area contributed by atoms with Crippen molar-refractivity contribution < 1.29 is 31.3 Å². The van der Waals surface area contributed by atoms with Crippen molar-refractivity contribution in [2.24, 2.45) is 0 Å². The van der Waals surface area contributed by atoms with Gasteiger partial charge >= 0.3 is 13.8 Å². The van der Waals surface area contributed by atoms with E-state index in [4.69, 9.17) is 17.8 Å². The molecule has 1 heterocycles. The molecule has 2 atom stereocenters. The van der Waals surface area contributed by atoms with Gasteiger partial charge in [0, 0.05) is 0 Å². The van der Waals surface area contributed by atoms with Gasteiger partial charge < -0.3 is 4.18 Å². The second kappa shape index (κ2) is 11.7. The van der Waals surface area contributed by atoms with E-state index >= 15 is 0 Å². The lowest BCUT2D eigenvalue weighted by Gasteiger charge is -2.19. The van der Waals surface area contributed by atoms with Crippen LogP contribution in [0.3, 0.4) is 0 Å². The summed E-state index contributed by atoms with van der Waals surface area (Å²) in [5, 5.41) is -0.427. The molecule has 3 aromatic carbocycles. The van der Waals surface area contributed by atoms with Gasteiger partial charge in [-0.25, -0.2) is 8.77 Å². The molecule has 7 nitrogen and oxygen atoms in total. The minimum Gasteiger partial charge on any atom is -0.364 e. The van der Waals surface area contributed by atoms with Gasteiger partial charge in [0.2, 0.25) is 11.1 Å². The van der Waals surface area contributed by atoms with E-state index in [1.54, 1.807) is 0 Å². The minimum atomic E-state index is -3.93. The summed E-state index contributed by atoms with van der Waals surface area (Å²) in [5.41, 5.74) is 3.24. The Kier molecular flexibility index (Phi) is 8.43. The predicted octanol–water partition coefficient (Wildman–Crippen LogP) is 5.27. The second-order valence-electron chi connectivity index (χ2n) is 7.75. The van der Waals surface area contributed by atoms with Crippen molar-refractivity contribution in [2.45, 2.75) is 37.9 Å². The van der Waals surface area contributed by atoms with Crippen LogP contribution >= 0.6 is 7.82 Å². The highest BCUT2D eigenvalue weighted by Crippen LogP contribution is 2.51. The number of benzene rings is 3. The number of rotatable bonds is 11. The summed E-state index contributed by atoms with van der Waals surface area (Å²) in [6.45, 7) is 0.0926. The van der Waals surface area contributed by atoms with Gasteiger partial charge in [-0.3, -0.25) is 18.4 Å². The topological polar surface area (TPSA) is 88.1 Å². The largest absolute Gasteiger partial charge is 0.475 e. The summed E-state index contributed by atoms with van der Waals surface area (Å²) >= 11 is -1.66. The summed E-state index contributed by atoms with van der Waals surface area (Å²) < 4.78 is 47.4. The monoisotopic (exact) mass is 500 g/mol. The standard InChI is InChI=1S/C25H25O7PS/c26-25-16-24(34(28)32-25)15-22-13-7-8-14-23(22)19-31-33(27,29-17-20-9-3-1-4-10-20)30-18-21-11-5-2-6-12-21/h1-14,24H,15-19H2. The van der Waals surface area contributed by atoms with Crippen LogP contribution in [-0.4, -0.2) is 15.4 Å². The number of hydrogen-bond acceptors (Lipinski definition) is 7. The first-order valence-electron chi connectivity index (χ1n) is 10.8. The summed E-state index contributed by atoms with van der Waals surface area (Å²) in [4.78, 5) is 11.5. The molecule has 0 N–H and O–H groups in total. The van der Waals surface area contributed by atoms with Crippen molar-refractivity contribution in [3.05, 3.63) is 107 Å². The summed E-state index contributed by atoms with van der Waals surface area (Å²) in [7, 11) is -3.93. The zero-order valence-corrected chi connectivity index (χ0v) is 20.1. The van der Waals surface area contributed by atoms with Crippen molar-refractivity contribution in [2.75, 3.05) is 0 Å². The molecule has 0 aromatic heterocycles. The number of carbonyl (C=O) groups excluding carboxylic acids is 1. The maximum Gasteiger partial charge on any atom is 0.475 e. The fourth-order valence-corrected chi connectivity index (χ4v) is 5.56. The van der Waals surface area contributed by atoms with Gasteiger partial charge in [0.15, 0.2) is 0 Å². The molecule has 34 heavy (non-hydrogen) atoms. The lowest BCUT2D eigenvalue weighted by atomic mass is 10.0. The Balaban J connectivity index is 1.46. The van der Waals surface area contributed by atoms with E-state index in [0.717, 1.165) is 22.3 Å². The lowest BCUT2D eigenvalue weighted by Crippen LogP contribution is -2.14. The molecule has 0 radical (unpaired) electrons. The normalized spacial score (nSPS) is 18.1. The quantitative estimate of drug-likeness (QED) is 0.332. The molecule has 1 saturated heterocycles. The first kappa shape index (κ1) is 24.5. The van der Waals surface area contributed by atoms with Crippen molar-refractivity contribution >= 4 is 24.9 Å². The van der Waals surface area contributed by atoms with Crippen LogP contribution in [0.4, 0.5) is 0 Å². The van der Waals surface area contributed by atoms with E-state index < -0.39 is 30.1 Å². The van der Waals surface area contributed by atoms with Crippen molar-refractivity contribution in [3.8, 4) is 0 Å². The van der Waals surface area contributed by atoms with Gasteiger partial charge in [-0.1, -0.05) is 84.9 Å². The van der Waals surface area contributed by atoms with Gasteiger partial charge in [0.1, 0.15) is 0 Å². The van der Waals surface area contributed by atoms with Gasteiger partial charge in [0.05, 0.1) is 31.5 Å². The van der Waals surface area contributed by atoms with E-state index in [9.17, 15) is 13.6 Å².